The third-order valence-corrected chi connectivity index (χ3v) is 4.02. The van der Waals surface area contributed by atoms with Gasteiger partial charge in [0.25, 0.3) is 0 Å². The number of hydrogen-bond donors (Lipinski definition) is 2. The number of ether oxygens (including phenoxy) is 1. The molecule has 0 bridgehead atoms. The summed E-state index contributed by atoms with van der Waals surface area (Å²) in [5.41, 5.74) is 1.89. The molecule has 0 spiro atoms. The molecule has 0 aromatic heterocycles. The van der Waals surface area contributed by atoms with Crippen molar-refractivity contribution in [1.82, 2.24) is 0 Å². The average Bonchev–Trinajstić information content (AvgIpc) is 2.79. The Hall–Kier alpha value is -3.81. The van der Waals surface area contributed by atoms with Gasteiger partial charge in [0.2, 0.25) is 0 Å². The Morgan fingerprint density at radius 1 is 0.867 bits per heavy atom. The van der Waals surface area contributed by atoms with Gasteiger partial charge in [-0.1, -0.05) is 42.5 Å². The first-order valence-electron chi connectivity index (χ1n) is 8.90. The van der Waals surface area contributed by atoms with Crippen LogP contribution in [0.4, 0.5) is 0 Å². The van der Waals surface area contributed by atoms with E-state index in [1.165, 1.54) is 24.3 Å². The molecular weight excluding hydrogens is 388 g/mol. The van der Waals surface area contributed by atoms with Gasteiger partial charge in [-0.25, -0.2) is 14.5 Å². The maximum Gasteiger partial charge on any atom is 0.343 e. The van der Waals surface area contributed by atoms with Gasteiger partial charge in [0, 0.05) is 5.56 Å². The monoisotopic (exact) mass is 408 g/mol. The minimum Gasteiger partial charge on any atom is -0.478 e. The van der Waals surface area contributed by atoms with E-state index in [-0.39, 0.29) is 5.56 Å². The molecule has 3 rings (SSSR count). The largest absolute Gasteiger partial charge is 0.478 e. The summed E-state index contributed by atoms with van der Waals surface area (Å²) in [6.45, 7) is 1.71. The third kappa shape index (κ3) is 6.66. The molecule has 0 aliphatic carbocycles. The van der Waals surface area contributed by atoms with E-state index in [0.29, 0.717) is 23.2 Å². The zero-order valence-corrected chi connectivity index (χ0v) is 16.1. The molecule has 30 heavy (non-hydrogen) atoms. The highest BCUT2D eigenvalue weighted by molar-refractivity contribution is 5.91. The van der Waals surface area contributed by atoms with Crippen molar-refractivity contribution < 1.29 is 34.4 Å². The van der Waals surface area contributed by atoms with Gasteiger partial charge in [0.05, 0.1) is 11.1 Å². The molecule has 7 heteroatoms. The van der Waals surface area contributed by atoms with Crippen molar-refractivity contribution in [2.45, 2.75) is 13.0 Å². The predicted molar refractivity (Wildman–Crippen MR) is 109 cm³/mol. The lowest BCUT2D eigenvalue weighted by molar-refractivity contribution is -0.277. The molecule has 3 aromatic carbocycles. The molecule has 7 nitrogen and oxygen atoms in total. The van der Waals surface area contributed by atoms with Crippen molar-refractivity contribution in [2.75, 3.05) is 0 Å². The van der Waals surface area contributed by atoms with Crippen molar-refractivity contribution in [1.29, 1.82) is 0 Å². The van der Waals surface area contributed by atoms with Gasteiger partial charge in [-0.05, 0) is 48.9 Å². The summed E-state index contributed by atoms with van der Waals surface area (Å²) in [6.07, 6.45) is 0.241. The second kappa shape index (κ2) is 11.3. The Morgan fingerprint density at radius 2 is 1.43 bits per heavy atom. The standard InChI is InChI=1S/C15H14O4.C8H6O3/c1-11(19-17)12-7-9-13(10-8-12)15(16)18-14-5-3-2-4-6-14;9-5-6-1-3-7(4-2-6)8(10)11/h2-11,17H,1H3;1-5H,(H,10,11). The van der Waals surface area contributed by atoms with E-state index in [2.05, 4.69) is 4.89 Å². The Morgan fingerprint density at radius 3 is 1.93 bits per heavy atom. The fourth-order valence-corrected chi connectivity index (χ4v) is 2.31. The number of para-hydroxylation sites is 1. The van der Waals surface area contributed by atoms with E-state index < -0.39 is 18.0 Å². The molecular formula is C23H20O7. The molecule has 3 aromatic rings. The van der Waals surface area contributed by atoms with Crippen LogP contribution < -0.4 is 4.74 Å². The maximum absolute atomic E-state index is 11.9. The highest BCUT2D eigenvalue weighted by Crippen LogP contribution is 2.17. The molecule has 1 atom stereocenters. The number of aromatic carboxylic acids is 1. The third-order valence-electron chi connectivity index (χ3n) is 4.02. The summed E-state index contributed by atoms with van der Waals surface area (Å²) in [5, 5.41) is 17.0. The molecule has 0 aliphatic heterocycles. The molecule has 0 heterocycles. The Balaban J connectivity index is 0.000000248. The van der Waals surface area contributed by atoms with Gasteiger partial charge >= 0.3 is 11.9 Å². The van der Waals surface area contributed by atoms with Crippen molar-refractivity contribution in [2.24, 2.45) is 0 Å². The van der Waals surface area contributed by atoms with Crippen LogP contribution in [-0.4, -0.2) is 28.6 Å². The summed E-state index contributed by atoms with van der Waals surface area (Å²) in [5.74, 6) is -0.901. The second-order valence-electron chi connectivity index (χ2n) is 6.12. The maximum atomic E-state index is 11.9. The summed E-state index contributed by atoms with van der Waals surface area (Å²) in [6, 6.07) is 21.3. The fraction of sp³-hybridized carbons (Fsp3) is 0.0870. The molecule has 2 N–H and O–H groups in total. The number of rotatable bonds is 6. The van der Waals surface area contributed by atoms with Gasteiger partial charge in [-0.2, -0.15) is 0 Å². The molecule has 1 unspecified atom stereocenters. The minimum atomic E-state index is -0.984. The van der Waals surface area contributed by atoms with Crippen LogP contribution in [0.2, 0.25) is 0 Å². The Kier molecular flexibility index (Phi) is 8.43. The SMILES string of the molecule is CC(OO)c1ccc(C(=O)Oc2ccccc2)cc1.O=Cc1ccc(C(=O)O)cc1. The molecule has 0 saturated carbocycles. The quantitative estimate of drug-likeness (QED) is 0.201. The number of carbonyl (C=O) groups is 3. The number of hydrogen-bond acceptors (Lipinski definition) is 6. The van der Waals surface area contributed by atoms with Crippen molar-refractivity contribution in [3.63, 3.8) is 0 Å². The number of carboxylic acids is 1. The summed E-state index contributed by atoms with van der Waals surface area (Å²) >= 11 is 0. The number of esters is 1. The van der Waals surface area contributed by atoms with E-state index in [1.807, 2.05) is 6.07 Å². The summed E-state index contributed by atoms with van der Waals surface area (Å²) < 4.78 is 5.21. The van der Waals surface area contributed by atoms with E-state index in [4.69, 9.17) is 15.1 Å². The zero-order valence-electron chi connectivity index (χ0n) is 16.1. The number of benzene rings is 3. The normalized spacial score (nSPS) is 10.9. The molecule has 0 aliphatic rings. The van der Waals surface area contributed by atoms with Gasteiger partial charge in [-0.15, -0.1) is 0 Å². The van der Waals surface area contributed by atoms with E-state index in [1.54, 1.807) is 55.5 Å². The van der Waals surface area contributed by atoms with Gasteiger partial charge in [0.15, 0.2) is 0 Å². The molecule has 0 radical (unpaired) electrons. The number of carboxylic acid groups (broad SMARTS) is 1. The minimum absolute atomic E-state index is 0.190. The topological polar surface area (TPSA) is 110 Å². The van der Waals surface area contributed by atoms with Crippen LogP contribution in [0.5, 0.6) is 5.75 Å². The van der Waals surface area contributed by atoms with E-state index >= 15 is 0 Å². The van der Waals surface area contributed by atoms with E-state index in [9.17, 15) is 14.4 Å². The lowest BCUT2D eigenvalue weighted by Gasteiger charge is -2.08. The predicted octanol–water partition coefficient (Wildman–Crippen LogP) is 4.65. The van der Waals surface area contributed by atoms with Crippen LogP contribution in [0.25, 0.3) is 0 Å². The van der Waals surface area contributed by atoms with Crippen LogP contribution in [0, 0.1) is 0 Å². The van der Waals surface area contributed by atoms with Crippen molar-refractivity contribution in [3.8, 4) is 5.75 Å². The molecule has 0 amide bonds. The summed E-state index contributed by atoms with van der Waals surface area (Å²) in [7, 11) is 0. The summed E-state index contributed by atoms with van der Waals surface area (Å²) in [4.78, 5) is 36.5. The zero-order chi connectivity index (χ0) is 21.9. The van der Waals surface area contributed by atoms with Gasteiger partial charge in [0.1, 0.15) is 18.1 Å². The lowest BCUT2D eigenvalue weighted by Crippen LogP contribution is -2.08. The fourth-order valence-electron chi connectivity index (χ4n) is 2.31. The Bertz CT molecular complexity index is 965. The van der Waals surface area contributed by atoms with Crippen molar-refractivity contribution in [3.05, 3.63) is 101 Å². The Labute approximate surface area is 173 Å². The molecule has 0 saturated heterocycles. The average molecular weight is 408 g/mol. The lowest BCUT2D eigenvalue weighted by atomic mass is 10.1. The van der Waals surface area contributed by atoms with Crippen LogP contribution in [0.3, 0.4) is 0 Å². The number of aldehydes is 1. The second-order valence-corrected chi connectivity index (χ2v) is 6.12. The van der Waals surface area contributed by atoms with Gasteiger partial charge < -0.3 is 9.84 Å². The van der Waals surface area contributed by atoms with Crippen molar-refractivity contribution >= 4 is 18.2 Å². The first-order chi connectivity index (χ1) is 14.4. The van der Waals surface area contributed by atoms with Gasteiger partial charge in [-0.3, -0.25) is 10.1 Å². The van der Waals surface area contributed by atoms with Crippen LogP contribution >= 0.6 is 0 Å². The molecule has 0 fully saturated rings. The number of carbonyl (C=O) groups excluding carboxylic acids is 2. The first-order valence-corrected chi connectivity index (χ1v) is 8.90. The van der Waals surface area contributed by atoms with E-state index in [0.717, 1.165) is 5.56 Å². The first kappa shape index (κ1) is 22.5. The van der Waals surface area contributed by atoms with Crippen LogP contribution in [0.1, 0.15) is 49.7 Å². The smallest absolute Gasteiger partial charge is 0.343 e. The van der Waals surface area contributed by atoms with Crippen LogP contribution in [-0.2, 0) is 4.89 Å². The highest BCUT2D eigenvalue weighted by Gasteiger charge is 2.10. The highest BCUT2D eigenvalue weighted by atomic mass is 17.1. The molecule has 154 valence electrons. The van der Waals surface area contributed by atoms with Crippen LogP contribution in [0.15, 0.2) is 78.9 Å².